The Morgan fingerprint density at radius 1 is 0.463 bits per heavy atom. The van der Waals surface area contributed by atoms with Crippen LogP contribution in [0.15, 0.2) is 12.3 Å². The van der Waals surface area contributed by atoms with Crippen LogP contribution in [0, 0.1) is 11.8 Å². The van der Waals surface area contributed by atoms with Crippen molar-refractivity contribution in [3.05, 3.63) is 12.3 Å². The zero-order chi connectivity index (χ0) is 39.6. The third-order valence-electron chi connectivity index (χ3n) is 11.3. The van der Waals surface area contributed by atoms with Gasteiger partial charge in [-0.05, 0) is 88.8 Å². The Balaban J connectivity index is 4.40. The molecule has 0 amide bonds. The first-order valence-electron chi connectivity index (χ1n) is 23.8. The summed E-state index contributed by atoms with van der Waals surface area (Å²) in [6.07, 6.45) is 41.4. The van der Waals surface area contributed by atoms with Gasteiger partial charge in [-0.1, -0.05) is 169 Å². The maximum atomic E-state index is 12.6. The summed E-state index contributed by atoms with van der Waals surface area (Å²) >= 11 is 0. The second-order valence-electron chi connectivity index (χ2n) is 16.5. The number of aliphatic hydroxyl groups is 1. The van der Waals surface area contributed by atoms with Gasteiger partial charge in [-0.25, -0.2) is 0 Å². The van der Waals surface area contributed by atoms with E-state index in [2.05, 4.69) is 32.6 Å². The van der Waals surface area contributed by atoms with Gasteiger partial charge in [0.05, 0.1) is 19.5 Å². The molecule has 320 valence electrons. The maximum absolute atomic E-state index is 12.6. The lowest BCUT2D eigenvalue weighted by atomic mass is 9.95. The van der Waals surface area contributed by atoms with Crippen LogP contribution in [0.25, 0.3) is 0 Å². The molecule has 0 aliphatic carbocycles. The highest BCUT2D eigenvalue weighted by atomic mass is 16.5. The van der Waals surface area contributed by atoms with E-state index < -0.39 is 0 Å². The fraction of sp³-hybridized carbons (Fsp3) is 0.917. The van der Waals surface area contributed by atoms with Crippen molar-refractivity contribution in [2.24, 2.45) is 11.8 Å². The average Bonchev–Trinajstić information content (AvgIpc) is 3.17. The second kappa shape index (κ2) is 42.6. The standard InChI is InChI=1S/C48H93NO5/c1-5-9-13-17-19-25-35-45(33-23-15-11-7-3)43-53-47(51)37-27-21-29-39-49(41-31-32-42-50)40-30-22-28-38-48(52)54-44-46(34-24-16-12-8-4)36-26-20-18-14-10-6-2/h32,42,45-46,50H,5-31,33-41,43-44H2,1-4H3/b42-32+. The first-order chi connectivity index (χ1) is 26.5. The molecule has 54 heavy (non-hydrogen) atoms. The highest BCUT2D eigenvalue weighted by molar-refractivity contribution is 5.69. The number of hydrogen-bond donors (Lipinski definition) is 1. The molecule has 6 nitrogen and oxygen atoms in total. The molecule has 0 aliphatic rings. The molecule has 1 N–H and O–H groups in total. The van der Waals surface area contributed by atoms with E-state index in [1.165, 1.54) is 154 Å². The number of carbonyl (C=O) groups is 2. The van der Waals surface area contributed by atoms with Gasteiger partial charge in [0.15, 0.2) is 0 Å². The molecule has 0 saturated heterocycles. The van der Waals surface area contributed by atoms with Gasteiger partial charge in [0, 0.05) is 19.4 Å². The predicted molar refractivity (Wildman–Crippen MR) is 232 cm³/mol. The molecule has 0 heterocycles. The first-order valence-corrected chi connectivity index (χ1v) is 23.8. The molecular formula is C48H93NO5. The van der Waals surface area contributed by atoms with Gasteiger partial charge in [0.25, 0.3) is 0 Å². The van der Waals surface area contributed by atoms with Crippen LogP contribution in [0.2, 0.25) is 0 Å². The van der Waals surface area contributed by atoms with E-state index >= 15 is 0 Å². The summed E-state index contributed by atoms with van der Waals surface area (Å²) in [6.45, 7) is 13.1. The van der Waals surface area contributed by atoms with E-state index in [1.54, 1.807) is 0 Å². The van der Waals surface area contributed by atoms with Crippen molar-refractivity contribution in [3.63, 3.8) is 0 Å². The van der Waals surface area contributed by atoms with Crippen LogP contribution in [-0.2, 0) is 19.1 Å². The number of nitrogens with zero attached hydrogens (tertiary/aromatic N) is 1. The number of aliphatic hydroxyl groups excluding tert-OH is 1. The highest BCUT2D eigenvalue weighted by Gasteiger charge is 2.14. The Morgan fingerprint density at radius 3 is 1.17 bits per heavy atom. The molecule has 2 unspecified atom stereocenters. The molecule has 0 aromatic heterocycles. The largest absolute Gasteiger partial charge is 0.516 e. The van der Waals surface area contributed by atoms with Crippen molar-refractivity contribution in [2.75, 3.05) is 32.8 Å². The Labute approximate surface area is 336 Å². The molecule has 0 fully saturated rings. The van der Waals surface area contributed by atoms with E-state index in [0.717, 1.165) is 70.8 Å². The van der Waals surface area contributed by atoms with Crippen LogP contribution in [0.4, 0.5) is 0 Å². The molecule has 0 spiro atoms. The summed E-state index contributed by atoms with van der Waals surface area (Å²) in [4.78, 5) is 27.7. The third-order valence-corrected chi connectivity index (χ3v) is 11.3. The number of ether oxygens (including phenoxy) is 2. The van der Waals surface area contributed by atoms with E-state index in [-0.39, 0.29) is 11.9 Å². The summed E-state index contributed by atoms with van der Waals surface area (Å²) in [7, 11) is 0. The number of carbonyl (C=O) groups excluding carboxylic acids is 2. The van der Waals surface area contributed by atoms with Crippen molar-refractivity contribution >= 4 is 11.9 Å². The lowest BCUT2D eigenvalue weighted by molar-refractivity contribution is -0.146. The molecule has 2 atom stereocenters. The molecule has 0 aromatic rings. The van der Waals surface area contributed by atoms with E-state index in [9.17, 15) is 9.59 Å². The summed E-state index contributed by atoms with van der Waals surface area (Å²) in [5.74, 6) is 0.975. The number of hydrogen-bond acceptors (Lipinski definition) is 6. The molecule has 0 aromatic carbocycles. The normalized spacial score (nSPS) is 12.8. The molecule has 0 radical (unpaired) electrons. The topological polar surface area (TPSA) is 76.1 Å². The average molecular weight is 764 g/mol. The maximum Gasteiger partial charge on any atom is 0.305 e. The molecule has 0 bridgehead atoms. The van der Waals surface area contributed by atoms with E-state index in [4.69, 9.17) is 14.6 Å². The van der Waals surface area contributed by atoms with Gasteiger partial charge < -0.3 is 19.5 Å². The Bertz CT molecular complexity index is 759. The number of unbranched alkanes of at least 4 members (excludes halogenated alkanes) is 20. The van der Waals surface area contributed by atoms with Crippen molar-refractivity contribution in [3.8, 4) is 0 Å². The number of esters is 2. The summed E-state index contributed by atoms with van der Waals surface area (Å²) < 4.78 is 11.6. The zero-order valence-corrected chi connectivity index (χ0v) is 36.7. The summed E-state index contributed by atoms with van der Waals surface area (Å²) in [5, 5.41) is 9.14. The second-order valence-corrected chi connectivity index (χ2v) is 16.5. The fourth-order valence-electron chi connectivity index (χ4n) is 7.56. The zero-order valence-electron chi connectivity index (χ0n) is 36.7. The Morgan fingerprint density at radius 2 is 0.796 bits per heavy atom. The monoisotopic (exact) mass is 764 g/mol. The highest BCUT2D eigenvalue weighted by Crippen LogP contribution is 2.21. The van der Waals surface area contributed by atoms with Crippen LogP contribution in [-0.4, -0.2) is 54.8 Å². The van der Waals surface area contributed by atoms with Gasteiger partial charge in [-0.15, -0.1) is 0 Å². The minimum atomic E-state index is -0.0275. The fourth-order valence-corrected chi connectivity index (χ4v) is 7.56. The Kier molecular flexibility index (Phi) is 41.3. The van der Waals surface area contributed by atoms with Crippen LogP contribution >= 0.6 is 0 Å². The third kappa shape index (κ3) is 37.4. The lowest BCUT2D eigenvalue weighted by Gasteiger charge is -2.21. The van der Waals surface area contributed by atoms with Gasteiger partial charge in [0.2, 0.25) is 0 Å². The minimum absolute atomic E-state index is 0.0275. The van der Waals surface area contributed by atoms with Crippen molar-refractivity contribution in [1.82, 2.24) is 4.90 Å². The SMILES string of the molecule is CCCCCCCCC(CCCCCC)COC(=O)CCCCCN(CC/C=C/O)CCCCCC(=O)OCC(CCCCCC)CCCCCCCC. The molecule has 0 rings (SSSR count). The Hall–Kier alpha value is -1.56. The van der Waals surface area contributed by atoms with E-state index in [1.807, 2.05) is 6.08 Å². The van der Waals surface area contributed by atoms with Crippen LogP contribution in [0.3, 0.4) is 0 Å². The predicted octanol–water partition coefficient (Wildman–Crippen LogP) is 14.6. The van der Waals surface area contributed by atoms with Crippen molar-refractivity contribution in [2.45, 2.75) is 240 Å². The molecule has 6 heteroatoms. The molecule has 0 saturated carbocycles. The van der Waals surface area contributed by atoms with Crippen LogP contribution < -0.4 is 0 Å². The first kappa shape index (κ1) is 52.4. The quantitative estimate of drug-likeness (QED) is 0.0379. The minimum Gasteiger partial charge on any atom is -0.516 e. The van der Waals surface area contributed by atoms with Crippen molar-refractivity contribution in [1.29, 1.82) is 0 Å². The van der Waals surface area contributed by atoms with Crippen molar-refractivity contribution < 1.29 is 24.2 Å². The van der Waals surface area contributed by atoms with Gasteiger partial charge >= 0.3 is 11.9 Å². The van der Waals surface area contributed by atoms with Crippen LogP contribution in [0.5, 0.6) is 0 Å². The van der Waals surface area contributed by atoms with Gasteiger partial charge in [0.1, 0.15) is 0 Å². The van der Waals surface area contributed by atoms with Gasteiger partial charge in [-0.3, -0.25) is 9.59 Å². The smallest absolute Gasteiger partial charge is 0.305 e. The lowest BCUT2D eigenvalue weighted by Crippen LogP contribution is -2.27. The van der Waals surface area contributed by atoms with Crippen LogP contribution in [0.1, 0.15) is 240 Å². The summed E-state index contributed by atoms with van der Waals surface area (Å²) in [6, 6.07) is 0. The van der Waals surface area contributed by atoms with E-state index in [0.29, 0.717) is 37.9 Å². The number of rotatable bonds is 43. The van der Waals surface area contributed by atoms with Gasteiger partial charge in [-0.2, -0.15) is 0 Å². The summed E-state index contributed by atoms with van der Waals surface area (Å²) in [5.41, 5.74) is 0. The molecule has 0 aliphatic heterocycles. The molecular weight excluding hydrogens is 671 g/mol.